The van der Waals surface area contributed by atoms with E-state index in [4.69, 9.17) is 30.6 Å². The van der Waals surface area contributed by atoms with Crippen molar-refractivity contribution < 1.29 is 26.7 Å². The Morgan fingerprint density at radius 3 is 0.667 bits per heavy atom. The molecule has 0 heterocycles. The molecule has 6 nitrogen and oxygen atoms in total. The first kappa shape index (κ1) is 42.9. The molecular weight excluding hydrogens is 172 g/mol. The summed E-state index contributed by atoms with van der Waals surface area (Å²) in [5.41, 5.74) is 11.5. The fraction of sp³-hybridized carbons (Fsp3) is 0. The summed E-state index contributed by atoms with van der Waals surface area (Å²) in [5.74, 6) is 0. The Balaban J connectivity index is -0.00000000762. The van der Waals surface area contributed by atoms with Crippen molar-refractivity contribution in [2.45, 2.75) is 0 Å². The third-order valence-electron chi connectivity index (χ3n) is 0. The second-order valence-electron chi connectivity index (χ2n) is 0. The van der Waals surface area contributed by atoms with Gasteiger partial charge in [-0.15, -0.1) is 0 Å². The van der Waals surface area contributed by atoms with Crippen molar-refractivity contribution in [1.82, 2.24) is 0 Å². The molecule has 0 unspecified atom stereocenters. The van der Waals surface area contributed by atoms with Crippen LogP contribution in [0.2, 0.25) is 0 Å². The molecule has 0 atom stereocenters. The topological polar surface area (TPSA) is 113 Å². The Bertz CT molecular complexity index is 24.5. The van der Waals surface area contributed by atoms with Crippen molar-refractivity contribution >= 4 is 13.6 Å². The van der Waals surface area contributed by atoms with E-state index in [1.807, 2.05) is 13.6 Å². The molecule has 0 rings (SSSR count). The van der Waals surface area contributed by atoms with Crippen molar-refractivity contribution in [2.75, 3.05) is 0 Å². The van der Waals surface area contributed by atoms with Gasteiger partial charge in [0.2, 0.25) is 0 Å². The van der Waals surface area contributed by atoms with Crippen LogP contribution in [0.3, 0.4) is 0 Å². The minimum atomic E-state index is 0. The molecule has 7 heteroatoms. The molecule has 0 radical (unpaired) electrons. The molecule has 0 bridgehead atoms. The van der Waals surface area contributed by atoms with Crippen LogP contribution in [0.4, 0.5) is 0 Å². The van der Waals surface area contributed by atoms with E-state index < -0.39 is 0 Å². The smallest absolute Gasteiger partial charge is 0.577 e. The van der Waals surface area contributed by atoms with Crippen LogP contribution in [0, 0.1) is 9.81 Å². The predicted molar refractivity (Wildman–Crippen MR) is 27.7 cm³/mol. The van der Waals surface area contributed by atoms with Gasteiger partial charge >= 0.3 is 17.1 Å². The number of carbonyl (C=O) groups is 2. The SMILES string of the molecule is C=O.C=O.[Fe+2].[N-]=O.[N-]=O. The number of nitrogens with zero attached hydrogens (tertiary/aromatic N) is 2. The number of carbonyl (C=O) groups excluding carboxylic acids is 2. The molecule has 54 valence electrons. The van der Waals surface area contributed by atoms with E-state index in [0.29, 0.717) is 0 Å². The Labute approximate surface area is 62.0 Å². The molecule has 0 amide bonds. The van der Waals surface area contributed by atoms with Gasteiger partial charge in [0.1, 0.15) is 13.6 Å². The van der Waals surface area contributed by atoms with Gasteiger partial charge in [0.25, 0.3) is 0 Å². The maximum atomic E-state index is 8.00. The van der Waals surface area contributed by atoms with Crippen molar-refractivity contribution in [3.8, 4) is 0 Å². The summed E-state index contributed by atoms with van der Waals surface area (Å²) in [5, 5.41) is 0. The first-order valence-corrected chi connectivity index (χ1v) is 0.942. The van der Waals surface area contributed by atoms with Crippen LogP contribution in [-0.4, -0.2) is 13.6 Å². The standard InChI is InChI=1S/2CH2O.Fe.2NO/c2*1-2;;2*1-2/h2*1H2;;;/q;;+2;2*-1. The van der Waals surface area contributed by atoms with Crippen LogP contribution in [0.15, 0.2) is 0 Å². The first-order valence-electron chi connectivity index (χ1n) is 0.942. The normalized spacial score (nSPS) is 1.78. The fourth-order valence-electron chi connectivity index (χ4n) is 0. The summed E-state index contributed by atoms with van der Waals surface area (Å²) in [7, 11) is 0. The number of hydrogen-bond acceptors (Lipinski definition) is 4. The van der Waals surface area contributed by atoms with Gasteiger partial charge < -0.3 is 30.6 Å². The number of nitroso groups, excluding NO2 is 2. The van der Waals surface area contributed by atoms with Crippen LogP contribution >= 0.6 is 0 Å². The maximum Gasteiger partial charge on any atom is 2.00 e. The van der Waals surface area contributed by atoms with Gasteiger partial charge in [0.05, 0.1) is 0 Å². The molecule has 0 N–H and O–H groups in total. The summed E-state index contributed by atoms with van der Waals surface area (Å²) in [6.07, 6.45) is 0. The molecule has 0 spiro atoms. The van der Waals surface area contributed by atoms with Gasteiger partial charge in [-0.3, -0.25) is 0 Å². The molecule has 0 fully saturated rings. The van der Waals surface area contributed by atoms with Crippen LogP contribution in [-0.2, 0) is 26.7 Å². The van der Waals surface area contributed by atoms with Crippen molar-refractivity contribution in [3.05, 3.63) is 21.0 Å². The Hall–Kier alpha value is -0.941. The fourth-order valence-corrected chi connectivity index (χ4v) is 0. The minimum Gasteiger partial charge on any atom is -0.577 e. The molecule has 0 saturated carbocycles. The summed E-state index contributed by atoms with van der Waals surface area (Å²) < 4.78 is 0. The van der Waals surface area contributed by atoms with E-state index in [0.717, 1.165) is 0 Å². The number of rotatable bonds is 0. The van der Waals surface area contributed by atoms with Gasteiger partial charge in [-0.05, 0) is 0 Å². The summed E-state index contributed by atoms with van der Waals surface area (Å²) in [6.45, 7) is 4.00. The zero-order chi connectivity index (χ0) is 8.00. The van der Waals surface area contributed by atoms with Crippen LogP contribution in [0.1, 0.15) is 0 Å². The summed E-state index contributed by atoms with van der Waals surface area (Å²) in [6, 6.07) is 0. The monoisotopic (exact) mass is 176 g/mol. The third-order valence-corrected chi connectivity index (χ3v) is 0. The van der Waals surface area contributed by atoms with E-state index in [2.05, 4.69) is 0 Å². The molecule has 0 aromatic carbocycles. The van der Waals surface area contributed by atoms with Crippen LogP contribution in [0.25, 0.3) is 11.2 Å². The summed E-state index contributed by atoms with van der Waals surface area (Å²) >= 11 is 0. The molecule has 0 saturated heterocycles. The molecular formula is C2H4FeN2O4. The van der Waals surface area contributed by atoms with Crippen molar-refractivity contribution in [3.63, 3.8) is 0 Å². The van der Waals surface area contributed by atoms with Gasteiger partial charge in [-0.25, -0.2) is 0 Å². The van der Waals surface area contributed by atoms with Gasteiger partial charge in [-0.2, -0.15) is 0 Å². The number of hydrogen-bond donors (Lipinski definition) is 0. The molecule has 0 aliphatic rings. The second kappa shape index (κ2) is 293. The van der Waals surface area contributed by atoms with Crippen LogP contribution in [0.5, 0.6) is 0 Å². The Kier molecular flexibility index (Phi) is 1400. The van der Waals surface area contributed by atoms with E-state index >= 15 is 0 Å². The maximum absolute atomic E-state index is 8.00. The Morgan fingerprint density at radius 2 is 0.667 bits per heavy atom. The Morgan fingerprint density at radius 1 is 0.667 bits per heavy atom. The zero-order valence-electron chi connectivity index (χ0n) is 4.30. The van der Waals surface area contributed by atoms with E-state index in [1.165, 1.54) is 0 Å². The van der Waals surface area contributed by atoms with Gasteiger partial charge in [-0.1, -0.05) is 0 Å². The van der Waals surface area contributed by atoms with E-state index in [9.17, 15) is 0 Å². The minimum absolute atomic E-state index is 0. The molecule has 0 aliphatic heterocycles. The van der Waals surface area contributed by atoms with Gasteiger partial charge in [0, 0.05) is 0 Å². The zero-order valence-corrected chi connectivity index (χ0v) is 5.40. The molecule has 0 aromatic rings. The average molecular weight is 176 g/mol. The van der Waals surface area contributed by atoms with Crippen LogP contribution < -0.4 is 0 Å². The first-order chi connectivity index (χ1) is 4.00. The van der Waals surface area contributed by atoms with E-state index in [1.54, 1.807) is 0 Å². The largest absolute Gasteiger partial charge is 2.00 e. The second-order valence-corrected chi connectivity index (χ2v) is 0. The molecule has 9 heavy (non-hydrogen) atoms. The summed E-state index contributed by atoms with van der Waals surface area (Å²) in [4.78, 5) is 30.5. The molecule has 0 aromatic heterocycles. The average Bonchev–Trinajstić information content (AvgIpc) is 2.03. The van der Waals surface area contributed by atoms with Gasteiger partial charge in [0.15, 0.2) is 0 Å². The predicted octanol–water partition coefficient (Wildman–Crippen LogP) is 0.272. The van der Waals surface area contributed by atoms with E-state index in [-0.39, 0.29) is 17.1 Å². The van der Waals surface area contributed by atoms with Crippen molar-refractivity contribution in [1.29, 1.82) is 0 Å². The quantitative estimate of drug-likeness (QED) is 0.492. The van der Waals surface area contributed by atoms with Crippen molar-refractivity contribution in [2.24, 2.45) is 0 Å². The third kappa shape index (κ3) is 204. The molecule has 0 aliphatic carbocycles.